The number of aromatic nitrogens is 4. The second-order valence-electron chi connectivity index (χ2n) is 8.69. The average molecular weight is 482 g/mol. The van der Waals surface area contributed by atoms with Crippen molar-refractivity contribution >= 4 is 39.8 Å². The van der Waals surface area contributed by atoms with Crippen LogP contribution in [0.4, 0.5) is 30.5 Å². The van der Waals surface area contributed by atoms with Crippen LogP contribution in [-0.2, 0) is 11.3 Å². The van der Waals surface area contributed by atoms with Gasteiger partial charge in [-0.15, -0.1) is 0 Å². The summed E-state index contributed by atoms with van der Waals surface area (Å²) >= 11 is 6.58. The highest BCUT2D eigenvalue weighted by atomic mass is 35.5. The maximum Gasteiger partial charge on any atom is 0.408 e. The Labute approximate surface area is 193 Å². The van der Waals surface area contributed by atoms with Crippen molar-refractivity contribution in [2.75, 3.05) is 49.6 Å². The quantitative estimate of drug-likeness (QED) is 0.596. The number of hydrogen-bond acceptors (Lipinski definition) is 7. The zero-order valence-corrected chi connectivity index (χ0v) is 18.7. The average Bonchev–Trinajstić information content (AvgIpc) is 3.17. The fourth-order valence-electron chi connectivity index (χ4n) is 4.24. The number of anilines is 3. The van der Waals surface area contributed by atoms with Crippen LogP contribution in [0.2, 0.25) is 5.02 Å². The summed E-state index contributed by atoms with van der Waals surface area (Å²) in [6.07, 6.45) is -0.135. The first-order chi connectivity index (χ1) is 15.7. The number of alkyl halides is 3. The van der Waals surface area contributed by atoms with E-state index >= 15 is 0 Å². The van der Waals surface area contributed by atoms with Crippen LogP contribution in [0.1, 0.15) is 6.92 Å². The molecule has 33 heavy (non-hydrogen) atoms. The van der Waals surface area contributed by atoms with Gasteiger partial charge in [0.25, 0.3) is 0 Å². The second-order valence-corrected chi connectivity index (χ2v) is 9.09. The molecule has 5 rings (SSSR count). The van der Waals surface area contributed by atoms with E-state index in [1.165, 1.54) is 12.4 Å². The third-order valence-corrected chi connectivity index (χ3v) is 6.39. The molecule has 0 spiro atoms. The smallest absolute Gasteiger partial charge is 0.377 e. The highest BCUT2D eigenvalue weighted by Gasteiger charge is 2.40. The molecule has 3 aromatic rings. The van der Waals surface area contributed by atoms with Crippen molar-refractivity contribution in [2.24, 2.45) is 0 Å². The van der Waals surface area contributed by atoms with Gasteiger partial charge in [-0.3, -0.25) is 9.58 Å². The van der Waals surface area contributed by atoms with Gasteiger partial charge in [0.15, 0.2) is 0 Å². The molecule has 0 unspecified atom stereocenters. The van der Waals surface area contributed by atoms with Crippen molar-refractivity contribution in [3.63, 3.8) is 0 Å². The fraction of sp³-hybridized carbons (Fsp3) is 0.476. The van der Waals surface area contributed by atoms with Crippen LogP contribution in [0, 0.1) is 0 Å². The first-order valence-electron chi connectivity index (χ1n) is 10.6. The molecule has 0 saturated carbocycles. The first-order valence-corrected chi connectivity index (χ1v) is 11.0. The molecule has 0 aliphatic carbocycles. The number of halogens is 4. The van der Waals surface area contributed by atoms with Gasteiger partial charge in [-0.2, -0.15) is 18.3 Å². The van der Waals surface area contributed by atoms with Crippen molar-refractivity contribution < 1.29 is 17.9 Å². The Kier molecular flexibility index (Phi) is 5.58. The van der Waals surface area contributed by atoms with Crippen molar-refractivity contribution in [1.82, 2.24) is 24.6 Å². The van der Waals surface area contributed by atoms with E-state index in [-0.39, 0.29) is 11.5 Å². The number of piperazine rings is 1. The molecule has 4 heterocycles. The van der Waals surface area contributed by atoms with Gasteiger partial charge in [-0.1, -0.05) is 11.6 Å². The number of nitrogens with zero attached hydrogens (tertiary/aromatic N) is 6. The zero-order valence-electron chi connectivity index (χ0n) is 17.9. The summed E-state index contributed by atoms with van der Waals surface area (Å²) in [7, 11) is 0. The van der Waals surface area contributed by atoms with Crippen LogP contribution in [0.25, 0.3) is 10.9 Å². The molecular weight excluding hydrogens is 459 g/mol. The summed E-state index contributed by atoms with van der Waals surface area (Å²) in [6, 6.07) is 3.77. The Morgan fingerprint density at radius 3 is 2.58 bits per heavy atom. The topological polar surface area (TPSA) is 71.3 Å². The zero-order chi connectivity index (χ0) is 23.2. The van der Waals surface area contributed by atoms with E-state index in [1.54, 1.807) is 6.20 Å². The van der Waals surface area contributed by atoms with Gasteiger partial charge in [-0.05, 0) is 19.1 Å². The van der Waals surface area contributed by atoms with Crippen LogP contribution in [0.5, 0.6) is 0 Å². The summed E-state index contributed by atoms with van der Waals surface area (Å²) in [5.41, 5.74) is 2.09. The minimum absolute atomic E-state index is 0.126. The van der Waals surface area contributed by atoms with Gasteiger partial charge in [0, 0.05) is 44.0 Å². The Morgan fingerprint density at radius 2 is 1.91 bits per heavy atom. The SMILES string of the molecule is CC1(N2CCN(c3cc4nc(Nc5cnn(CC(F)(F)F)c5)ncc4cc3Cl)CC2)COC1. The van der Waals surface area contributed by atoms with Crippen LogP contribution < -0.4 is 10.2 Å². The normalized spacial score (nSPS) is 19.0. The minimum atomic E-state index is -4.34. The largest absolute Gasteiger partial charge is 0.408 e. The number of hydrogen-bond donors (Lipinski definition) is 1. The molecule has 2 aliphatic heterocycles. The summed E-state index contributed by atoms with van der Waals surface area (Å²) in [4.78, 5) is 13.5. The lowest BCUT2D eigenvalue weighted by Gasteiger charge is -2.50. The van der Waals surface area contributed by atoms with E-state index in [2.05, 4.69) is 37.1 Å². The number of fused-ring (bicyclic) bond motifs is 1. The third kappa shape index (κ3) is 4.71. The molecular formula is C21H23ClF3N7O. The second kappa shape index (κ2) is 8.30. The van der Waals surface area contributed by atoms with E-state index in [1.807, 2.05) is 12.1 Å². The van der Waals surface area contributed by atoms with E-state index in [9.17, 15) is 13.2 Å². The summed E-state index contributed by atoms with van der Waals surface area (Å²) in [6.45, 7) is 6.14. The summed E-state index contributed by atoms with van der Waals surface area (Å²) in [5.74, 6) is 0.269. The number of nitrogens with one attached hydrogen (secondary N) is 1. The monoisotopic (exact) mass is 481 g/mol. The molecule has 0 bridgehead atoms. The molecule has 0 atom stereocenters. The Bertz CT molecular complexity index is 1160. The van der Waals surface area contributed by atoms with Crippen molar-refractivity contribution in [3.8, 4) is 0 Å². The molecule has 0 radical (unpaired) electrons. The summed E-state index contributed by atoms with van der Waals surface area (Å²) < 4.78 is 43.9. The summed E-state index contributed by atoms with van der Waals surface area (Å²) in [5, 5.41) is 8.05. The maximum atomic E-state index is 12.5. The lowest BCUT2D eigenvalue weighted by atomic mass is 9.97. The fourth-order valence-corrected chi connectivity index (χ4v) is 4.53. The van der Waals surface area contributed by atoms with Crippen molar-refractivity contribution in [3.05, 3.63) is 35.7 Å². The number of rotatable bonds is 5. The predicted molar refractivity (Wildman–Crippen MR) is 119 cm³/mol. The number of ether oxygens (including phenoxy) is 1. The van der Waals surface area contributed by atoms with Crippen molar-refractivity contribution in [2.45, 2.75) is 25.2 Å². The van der Waals surface area contributed by atoms with E-state index in [0.717, 1.165) is 55.1 Å². The minimum Gasteiger partial charge on any atom is -0.377 e. The van der Waals surface area contributed by atoms with Crippen LogP contribution in [0.3, 0.4) is 0 Å². The lowest BCUT2D eigenvalue weighted by Crippen LogP contribution is -2.64. The Morgan fingerprint density at radius 1 is 1.15 bits per heavy atom. The van der Waals surface area contributed by atoms with Crippen LogP contribution in [-0.4, -0.2) is 75.8 Å². The molecule has 176 valence electrons. The molecule has 1 N–H and O–H groups in total. The third-order valence-electron chi connectivity index (χ3n) is 6.09. The number of benzene rings is 1. The van der Waals surface area contributed by atoms with Crippen LogP contribution >= 0.6 is 11.6 Å². The van der Waals surface area contributed by atoms with Gasteiger partial charge < -0.3 is 15.0 Å². The Balaban J connectivity index is 1.32. The standard InChI is InChI=1S/C21H23ClF3N7O/c1-20(12-33-13-20)31-4-2-30(3-5-31)18-7-17-14(6-16(18)22)8-26-19(29-17)28-15-9-27-32(10-15)11-21(23,24)25/h6-10H,2-5,11-13H2,1H3,(H,26,28,29). The van der Waals surface area contributed by atoms with Gasteiger partial charge >= 0.3 is 6.18 Å². The Hall–Kier alpha value is -2.63. The van der Waals surface area contributed by atoms with E-state index in [4.69, 9.17) is 16.3 Å². The molecule has 12 heteroatoms. The lowest BCUT2D eigenvalue weighted by molar-refractivity contribution is -0.142. The van der Waals surface area contributed by atoms with Gasteiger partial charge in [0.05, 0.1) is 46.9 Å². The van der Waals surface area contributed by atoms with Gasteiger partial charge in [0.1, 0.15) is 6.54 Å². The maximum absolute atomic E-state index is 12.5. The highest BCUT2D eigenvalue weighted by molar-refractivity contribution is 6.34. The van der Waals surface area contributed by atoms with Crippen LogP contribution in [0.15, 0.2) is 30.7 Å². The predicted octanol–water partition coefficient (Wildman–Crippen LogP) is 3.70. The van der Waals surface area contributed by atoms with E-state index < -0.39 is 12.7 Å². The van der Waals surface area contributed by atoms with Gasteiger partial charge in [-0.25, -0.2) is 9.97 Å². The molecule has 1 aromatic carbocycles. The van der Waals surface area contributed by atoms with Gasteiger partial charge in [0.2, 0.25) is 5.95 Å². The first kappa shape index (κ1) is 22.2. The molecule has 0 amide bonds. The molecule has 2 fully saturated rings. The molecule has 2 aromatic heterocycles. The molecule has 2 saturated heterocycles. The molecule has 2 aliphatic rings. The van der Waals surface area contributed by atoms with Crippen molar-refractivity contribution in [1.29, 1.82) is 0 Å². The van der Waals surface area contributed by atoms with E-state index in [0.29, 0.717) is 16.2 Å². The molecule has 8 nitrogen and oxygen atoms in total. The highest BCUT2D eigenvalue weighted by Crippen LogP contribution is 2.33.